The number of halogens is 1. The van der Waals surface area contributed by atoms with Crippen molar-refractivity contribution >= 4 is 29.1 Å². The molecule has 1 unspecified atom stereocenters. The molecule has 2 N–H and O–H groups in total. The lowest BCUT2D eigenvalue weighted by Gasteiger charge is -2.20. The molecule has 0 radical (unpaired) electrons. The van der Waals surface area contributed by atoms with Crippen LogP contribution in [0.2, 0.25) is 5.02 Å². The van der Waals surface area contributed by atoms with Crippen molar-refractivity contribution in [3.63, 3.8) is 0 Å². The Morgan fingerprint density at radius 1 is 1.18 bits per heavy atom. The SMILES string of the molecule is C=CC(=O)N(C)c1cc(CNC(=O)C(C)C)cc(C(O)c2ccc(Cl)cc2)c1. The number of aliphatic hydroxyl groups excluding tert-OH is 1. The van der Waals surface area contributed by atoms with Gasteiger partial charge in [0.15, 0.2) is 0 Å². The Hall–Kier alpha value is -2.63. The van der Waals surface area contributed by atoms with Crippen LogP contribution in [-0.2, 0) is 16.1 Å². The van der Waals surface area contributed by atoms with Crippen LogP contribution in [0.1, 0.15) is 36.6 Å². The summed E-state index contributed by atoms with van der Waals surface area (Å²) in [6.45, 7) is 7.44. The molecule has 2 aromatic carbocycles. The molecule has 0 fully saturated rings. The Bertz CT molecular complexity index is 863. The fourth-order valence-electron chi connectivity index (χ4n) is 2.65. The molecular formula is C22H25ClN2O3. The van der Waals surface area contributed by atoms with E-state index in [4.69, 9.17) is 11.6 Å². The summed E-state index contributed by atoms with van der Waals surface area (Å²) in [7, 11) is 1.63. The van der Waals surface area contributed by atoms with Gasteiger partial charge in [-0.1, -0.05) is 50.2 Å². The number of nitrogens with zero attached hydrogens (tertiary/aromatic N) is 1. The third-order valence-corrected chi connectivity index (χ3v) is 4.64. The first kappa shape index (κ1) is 21.7. The van der Waals surface area contributed by atoms with Gasteiger partial charge in [0.05, 0.1) is 0 Å². The van der Waals surface area contributed by atoms with Crippen LogP contribution in [0.3, 0.4) is 0 Å². The molecular weight excluding hydrogens is 376 g/mol. The van der Waals surface area contributed by atoms with Crippen LogP contribution < -0.4 is 10.2 Å². The summed E-state index contributed by atoms with van der Waals surface area (Å²) in [6.07, 6.45) is 0.326. The second kappa shape index (κ2) is 9.53. The van der Waals surface area contributed by atoms with Crippen LogP contribution in [0.4, 0.5) is 5.69 Å². The Labute approximate surface area is 170 Å². The maximum absolute atomic E-state index is 12.0. The molecule has 2 aromatic rings. The molecule has 0 bridgehead atoms. The topological polar surface area (TPSA) is 69.6 Å². The van der Waals surface area contributed by atoms with Gasteiger partial charge in [0.1, 0.15) is 6.10 Å². The van der Waals surface area contributed by atoms with E-state index in [-0.39, 0.29) is 17.7 Å². The highest BCUT2D eigenvalue weighted by molar-refractivity contribution is 6.30. The number of hydrogen-bond acceptors (Lipinski definition) is 3. The molecule has 0 aliphatic rings. The summed E-state index contributed by atoms with van der Waals surface area (Å²) in [5.41, 5.74) is 2.66. The summed E-state index contributed by atoms with van der Waals surface area (Å²) in [5, 5.41) is 14.3. The smallest absolute Gasteiger partial charge is 0.250 e. The first-order valence-electron chi connectivity index (χ1n) is 8.98. The van der Waals surface area contributed by atoms with Gasteiger partial charge in [0.2, 0.25) is 11.8 Å². The third-order valence-electron chi connectivity index (χ3n) is 4.38. The highest BCUT2D eigenvalue weighted by Gasteiger charge is 2.16. The Balaban J connectivity index is 2.40. The van der Waals surface area contributed by atoms with Crippen molar-refractivity contribution in [2.45, 2.75) is 26.5 Å². The molecule has 0 saturated carbocycles. The molecule has 0 aromatic heterocycles. The van der Waals surface area contributed by atoms with Crippen molar-refractivity contribution in [1.82, 2.24) is 5.32 Å². The number of benzene rings is 2. The molecule has 0 heterocycles. The number of hydrogen-bond donors (Lipinski definition) is 2. The van der Waals surface area contributed by atoms with Crippen molar-refractivity contribution in [3.05, 3.63) is 76.8 Å². The number of anilines is 1. The number of carbonyl (C=O) groups excluding carboxylic acids is 2. The van der Waals surface area contributed by atoms with Gasteiger partial charge < -0.3 is 15.3 Å². The second-order valence-electron chi connectivity index (χ2n) is 6.86. The summed E-state index contributed by atoms with van der Waals surface area (Å²) >= 11 is 5.93. The van der Waals surface area contributed by atoms with Crippen LogP contribution in [-0.4, -0.2) is 24.0 Å². The quantitative estimate of drug-likeness (QED) is 0.693. The van der Waals surface area contributed by atoms with Gasteiger partial charge in [-0.2, -0.15) is 0 Å². The van der Waals surface area contributed by atoms with Gasteiger partial charge in [-0.3, -0.25) is 9.59 Å². The van der Waals surface area contributed by atoms with Crippen molar-refractivity contribution in [1.29, 1.82) is 0 Å². The zero-order valence-electron chi connectivity index (χ0n) is 16.3. The van der Waals surface area contributed by atoms with Gasteiger partial charge in [-0.15, -0.1) is 0 Å². The van der Waals surface area contributed by atoms with E-state index >= 15 is 0 Å². The molecule has 2 rings (SSSR count). The van der Waals surface area contributed by atoms with E-state index in [1.54, 1.807) is 43.4 Å². The Kier molecular flexibility index (Phi) is 7.38. The first-order chi connectivity index (χ1) is 13.2. The number of amides is 2. The van der Waals surface area contributed by atoms with Gasteiger partial charge in [0.25, 0.3) is 0 Å². The molecule has 0 saturated heterocycles. The van der Waals surface area contributed by atoms with Crippen LogP contribution in [0.25, 0.3) is 0 Å². The zero-order valence-corrected chi connectivity index (χ0v) is 17.0. The average Bonchev–Trinajstić information content (AvgIpc) is 2.70. The summed E-state index contributed by atoms with van der Waals surface area (Å²) < 4.78 is 0. The lowest BCUT2D eigenvalue weighted by molar-refractivity contribution is -0.124. The van der Waals surface area contributed by atoms with Gasteiger partial charge in [-0.25, -0.2) is 0 Å². The molecule has 0 spiro atoms. The summed E-state index contributed by atoms with van der Waals surface area (Å²) in [5.74, 6) is -0.469. The standard InChI is InChI=1S/C22H25ClN2O3/c1-5-20(26)25(4)19-11-15(13-24-22(28)14(2)3)10-17(12-19)21(27)16-6-8-18(23)9-7-16/h5-12,14,21,27H,1,13H2,2-4H3,(H,24,28). The molecule has 1 atom stereocenters. The predicted octanol–water partition coefficient (Wildman–Crippen LogP) is 3.84. The van der Waals surface area contributed by atoms with Crippen LogP contribution in [0.15, 0.2) is 55.1 Å². The lowest BCUT2D eigenvalue weighted by atomic mass is 9.98. The summed E-state index contributed by atoms with van der Waals surface area (Å²) in [4.78, 5) is 25.4. The number of nitrogens with one attached hydrogen (secondary N) is 1. The number of rotatable bonds is 7. The fraction of sp³-hybridized carbons (Fsp3) is 0.273. The van der Waals surface area contributed by atoms with Crippen molar-refractivity contribution in [3.8, 4) is 0 Å². The molecule has 6 heteroatoms. The average molecular weight is 401 g/mol. The predicted molar refractivity (Wildman–Crippen MR) is 112 cm³/mol. The number of aliphatic hydroxyl groups is 1. The maximum Gasteiger partial charge on any atom is 0.250 e. The van der Waals surface area contributed by atoms with E-state index in [2.05, 4.69) is 11.9 Å². The zero-order chi connectivity index (χ0) is 20.8. The normalized spacial score (nSPS) is 11.8. The van der Waals surface area contributed by atoms with Crippen molar-refractivity contribution < 1.29 is 14.7 Å². The van der Waals surface area contributed by atoms with Crippen LogP contribution in [0, 0.1) is 5.92 Å². The van der Waals surface area contributed by atoms with Gasteiger partial charge in [-0.05, 0) is 47.0 Å². The van der Waals surface area contributed by atoms with E-state index in [1.165, 1.54) is 11.0 Å². The van der Waals surface area contributed by atoms with E-state index in [1.807, 2.05) is 19.9 Å². The highest BCUT2D eigenvalue weighted by atomic mass is 35.5. The molecule has 0 aliphatic heterocycles. The van der Waals surface area contributed by atoms with Crippen molar-refractivity contribution in [2.24, 2.45) is 5.92 Å². The first-order valence-corrected chi connectivity index (χ1v) is 9.36. The van der Waals surface area contributed by atoms with E-state index < -0.39 is 6.10 Å². The molecule has 28 heavy (non-hydrogen) atoms. The minimum atomic E-state index is -0.899. The number of likely N-dealkylation sites (N-methyl/N-ethyl adjacent to an activating group) is 1. The Morgan fingerprint density at radius 2 is 1.82 bits per heavy atom. The molecule has 0 aliphatic carbocycles. The van der Waals surface area contributed by atoms with Crippen molar-refractivity contribution in [2.75, 3.05) is 11.9 Å². The monoisotopic (exact) mass is 400 g/mol. The fourth-order valence-corrected chi connectivity index (χ4v) is 2.77. The minimum Gasteiger partial charge on any atom is -0.384 e. The van der Waals surface area contributed by atoms with Gasteiger partial charge >= 0.3 is 0 Å². The lowest BCUT2D eigenvalue weighted by Crippen LogP contribution is -2.28. The second-order valence-corrected chi connectivity index (χ2v) is 7.30. The molecule has 2 amide bonds. The minimum absolute atomic E-state index is 0.0688. The molecule has 148 valence electrons. The third kappa shape index (κ3) is 5.44. The van der Waals surface area contributed by atoms with E-state index in [0.717, 1.165) is 5.56 Å². The Morgan fingerprint density at radius 3 is 2.39 bits per heavy atom. The van der Waals surface area contributed by atoms with Crippen LogP contribution >= 0.6 is 11.6 Å². The van der Waals surface area contributed by atoms with E-state index in [9.17, 15) is 14.7 Å². The highest BCUT2D eigenvalue weighted by Crippen LogP contribution is 2.28. The largest absolute Gasteiger partial charge is 0.384 e. The van der Waals surface area contributed by atoms with Crippen LogP contribution in [0.5, 0.6) is 0 Å². The van der Waals surface area contributed by atoms with E-state index in [0.29, 0.717) is 28.4 Å². The summed E-state index contributed by atoms with van der Waals surface area (Å²) in [6, 6.07) is 12.3. The number of carbonyl (C=O) groups is 2. The maximum atomic E-state index is 12.0. The van der Waals surface area contributed by atoms with Gasteiger partial charge in [0, 0.05) is 30.2 Å². The molecule has 5 nitrogen and oxygen atoms in total.